The molecule has 1 aliphatic heterocycles. The second kappa shape index (κ2) is 7.05. The summed E-state index contributed by atoms with van der Waals surface area (Å²) in [6, 6.07) is 10.8. The van der Waals surface area contributed by atoms with Gasteiger partial charge in [0.25, 0.3) is 0 Å². The first-order valence-electron chi connectivity index (χ1n) is 9.29. The standard InChI is InChI=1S/C20H28N2O.ClH/c21-17-13-20(14-17)10-4-5-11-22(20)19(23)18(16-8-9-16)12-15-6-2-1-3-7-15;/h1-3,6-7,16-18H,4-5,8-14,21H2;1H. The quantitative estimate of drug-likeness (QED) is 0.904. The number of benzene rings is 1. The number of amides is 1. The van der Waals surface area contributed by atoms with Crippen molar-refractivity contribution >= 4 is 18.3 Å². The van der Waals surface area contributed by atoms with Crippen LogP contribution in [-0.2, 0) is 11.2 Å². The first-order chi connectivity index (χ1) is 11.2. The van der Waals surface area contributed by atoms with Crippen LogP contribution in [0.15, 0.2) is 30.3 Å². The highest BCUT2D eigenvalue weighted by atomic mass is 35.5. The van der Waals surface area contributed by atoms with Crippen molar-refractivity contribution in [3.8, 4) is 0 Å². The predicted octanol–water partition coefficient (Wildman–Crippen LogP) is 3.55. The Kier molecular flexibility index (Phi) is 5.22. The summed E-state index contributed by atoms with van der Waals surface area (Å²) in [5, 5.41) is 0. The number of hydrogen-bond acceptors (Lipinski definition) is 2. The fourth-order valence-electron chi connectivity index (χ4n) is 4.80. The third-order valence-corrected chi connectivity index (χ3v) is 6.20. The van der Waals surface area contributed by atoms with Gasteiger partial charge in [0.2, 0.25) is 5.91 Å². The first-order valence-corrected chi connectivity index (χ1v) is 9.29. The Morgan fingerprint density at radius 3 is 2.54 bits per heavy atom. The van der Waals surface area contributed by atoms with E-state index in [9.17, 15) is 4.79 Å². The second-order valence-corrected chi connectivity index (χ2v) is 7.97. The molecule has 1 spiro atoms. The van der Waals surface area contributed by atoms with Gasteiger partial charge in [-0.25, -0.2) is 0 Å². The molecule has 1 atom stereocenters. The van der Waals surface area contributed by atoms with Gasteiger partial charge >= 0.3 is 0 Å². The molecule has 3 fully saturated rings. The third kappa shape index (κ3) is 3.34. The number of piperidine rings is 1. The van der Waals surface area contributed by atoms with E-state index in [2.05, 4.69) is 29.2 Å². The number of halogens is 1. The molecule has 2 saturated carbocycles. The van der Waals surface area contributed by atoms with Gasteiger partial charge in [0, 0.05) is 24.0 Å². The molecular formula is C20H29ClN2O. The molecule has 3 aliphatic rings. The lowest BCUT2D eigenvalue weighted by Gasteiger charge is -2.56. The maximum absolute atomic E-state index is 13.4. The highest BCUT2D eigenvalue weighted by molar-refractivity contribution is 5.85. The molecule has 1 aromatic carbocycles. The summed E-state index contributed by atoms with van der Waals surface area (Å²) in [7, 11) is 0. The predicted molar refractivity (Wildman–Crippen MR) is 99.1 cm³/mol. The summed E-state index contributed by atoms with van der Waals surface area (Å²) >= 11 is 0. The molecule has 1 aromatic rings. The number of nitrogens with two attached hydrogens (primary N) is 1. The molecule has 132 valence electrons. The van der Waals surface area contributed by atoms with E-state index in [1.54, 1.807) is 0 Å². The van der Waals surface area contributed by atoms with Gasteiger partial charge in [-0.05, 0) is 62.8 Å². The van der Waals surface area contributed by atoms with E-state index in [1.807, 2.05) is 6.07 Å². The topological polar surface area (TPSA) is 46.3 Å². The van der Waals surface area contributed by atoms with Crippen LogP contribution < -0.4 is 5.73 Å². The van der Waals surface area contributed by atoms with Gasteiger partial charge in [0.05, 0.1) is 0 Å². The minimum absolute atomic E-state index is 0. The molecule has 2 aliphatic carbocycles. The van der Waals surface area contributed by atoms with Crippen molar-refractivity contribution in [1.82, 2.24) is 4.90 Å². The van der Waals surface area contributed by atoms with E-state index >= 15 is 0 Å². The van der Waals surface area contributed by atoms with Crippen LogP contribution in [0.3, 0.4) is 0 Å². The minimum Gasteiger partial charge on any atom is -0.337 e. The maximum atomic E-state index is 13.4. The maximum Gasteiger partial charge on any atom is 0.226 e. The van der Waals surface area contributed by atoms with Crippen LogP contribution in [0, 0.1) is 11.8 Å². The van der Waals surface area contributed by atoms with Crippen LogP contribution in [0.5, 0.6) is 0 Å². The Hall–Kier alpha value is -1.06. The Bertz CT molecular complexity index is 561. The van der Waals surface area contributed by atoms with Crippen LogP contribution in [0.25, 0.3) is 0 Å². The molecule has 0 bridgehead atoms. The van der Waals surface area contributed by atoms with E-state index in [0.717, 1.165) is 38.6 Å². The lowest BCUT2D eigenvalue weighted by molar-refractivity contribution is -0.151. The molecule has 1 amide bonds. The molecule has 1 heterocycles. The Morgan fingerprint density at radius 2 is 1.92 bits per heavy atom. The van der Waals surface area contributed by atoms with Crippen molar-refractivity contribution in [2.24, 2.45) is 17.6 Å². The highest BCUT2D eigenvalue weighted by Crippen LogP contribution is 2.47. The monoisotopic (exact) mass is 348 g/mol. The largest absolute Gasteiger partial charge is 0.337 e. The molecule has 1 saturated heterocycles. The van der Waals surface area contributed by atoms with Crippen molar-refractivity contribution in [3.63, 3.8) is 0 Å². The van der Waals surface area contributed by atoms with Crippen molar-refractivity contribution < 1.29 is 4.79 Å². The fraction of sp³-hybridized carbons (Fsp3) is 0.650. The van der Waals surface area contributed by atoms with Crippen LogP contribution in [0.4, 0.5) is 0 Å². The lowest BCUT2D eigenvalue weighted by atomic mass is 9.66. The van der Waals surface area contributed by atoms with Gasteiger partial charge in [-0.15, -0.1) is 12.4 Å². The van der Waals surface area contributed by atoms with Crippen molar-refractivity contribution in [3.05, 3.63) is 35.9 Å². The van der Waals surface area contributed by atoms with Gasteiger partial charge in [-0.3, -0.25) is 4.79 Å². The smallest absolute Gasteiger partial charge is 0.226 e. The van der Waals surface area contributed by atoms with E-state index in [1.165, 1.54) is 24.8 Å². The fourth-order valence-corrected chi connectivity index (χ4v) is 4.80. The average Bonchev–Trinajstić information content (AvgIpc) is 3.37. The van der Waals surface area contributed by atoms with Crippen LogP contribution in [0.1, 0.15) is 50.5 Å². The molecular weight excluding hydrogens is 320 g/mol. The Balaban J connectivity index is 0.00000169. The SMILES string of the molecule is Cl.NC1CC2(CCCCN2C(=O)C(Cc2ccccc2)C2CC2)C1. The normalized spacial score (nSPS) is 30.4. The van der Waals surface area contributed by atoms with Gasteiger partial charge in [0.1, 0.15) is 0 Å². The second-order valence-electron chi connectivity index (χ2n) is 7.97. The molecule has 3 nitrogen and oxygen atoms in total. The summed E-state index contributed by atoms with van der Waals surface area (Å²) < 4.78 is 0. The van der Waals surface area contributed by atoms with Gasteiger partial charge in [0.15, 0.2) is 0 Å². The number of nitrogens with zero attached hydrogens (tertiary/aromatic N) is 1. The van der Waals surface area contributed by atoms with E-state index in [-0.39, 0.29) is 23.9 Å². The van der Waals surface area contributed by atoms with Crippen molar-refractivity contribution in [2.75, 3.05) is 6.54 Å². The Morgan fingerprint density at radius 1 is 1.21 bits per heavy atom. The number of rotatable bonds is 4. The van der Waals surface area contributed by atoms with Gasteiger partial charge < -0.3 is 10.6 Å². The molecule has 4 heteroatoms. The molecule has 0 aromatic heterocycles. The van der Waals surface area contributed by atoms with Crippen LogP contribution in [0.2, 0.25) is 0 Å². The van der Waals surface area contributed by atoms with Crippen LogP contribution in [-0.4, -0.2) is 28.9 Å². The van der Waals surface area contributed by atoms with E-state index in [0.29, 0.717) is 17.9 Å². The van der Waals surface area contributed by atoms with Crippen LogP contribution >= 0.6 is 12.4 Å². The number of likely N-dealkylation sites (tertiary alicyclic amines) is 1. The summed E-state index contributed by atoms with van der Waals surface area (Å²) in [5.74, 6) is 1.21. The first kappa shape index (κ1) is 17.8. The minimum atomic E-state index is 0. The lowest BCUT2D eigenvalue weighted by Crippen LogP contribution is -2.66. The zero-order valence-corrected chi connectivity index (χ0v) is 15.1. The summed E-state index contributed by atoms with van der Waals surface area (Å²) in [4.78, 5) is 15.6. The van der Waals surface area contributed by atoms with Crippen molar-refractivity contribution in [2.45, 2.75) is 62.9 Å². The molecule has 2 N–H and O–H groups in total. The summed E-state index contributed by atoms with van der Waals surface area (Å²) in [6.07, 6.45) is 8.96. The van der Waals surface area contributed by atoms with E-state index < -0.39 is 0 Å². The summed E-state index contributed by atoms with van der Waals surface area (Å²) in [5.41, 5.74) is 7.49. The van der Waals surface area contributed by atoms with Gasteiger partial charge in [-0.1, -0.05) is 30.3 Å². The van der Waals surface area contributed by atoms with Gasteiger partial charge in [-0.2, -0.15) is 0 Å². The average molecular weight is 349 g/mol. The highest BCUT2D eigenvalue weighted by Gasteiger charge is 2.52. The summed E-state index contributed by atoms with van der Waals surface area (Å²) in [6.45, 7) is 0.948. The van der Waals surface area contributed by atoms with Crippen molar-refractivity contribution in [1.29, 1.82) is 0 Å². The molecule has 24 heavy (non-hydrogen) atoms. The molecule has 0 radical (unpaired) electrons. The van der Waals surface area contributed by atoms with E-state index in [4.69, 9.17) is 5.73 Å². The number of carbonyl (C=O) groups excluding carboxylic acids is 1. The Labute approximate surface area is 151 Å². The third-order valence-electron chi connectivity index (χ3n) is 6.20. The molecule has 4 rings (SSSR count). The molecule has 1 unspecified atom stereocenters. The number of carbonyl (C=O) groups is 1. The zero-order chi connectivity index (χ0) is 15.9. The number of hydrogen-bond donors (Lipinski definition) is 1. The zero-order valence-electron chi connectivity index (χ0n) is 14.3.